The zero-order chi connectivity index (χ0) is 16.9. The molecule has 0 spiro atoms. The summed E-state index contributed by atoms with van der Waals surface area (Å²) in [6.45, 7) is 0. The lowest BCUT2D eigenvalue weighted by Gasteiger charge is -2.27. The summed E-state index contributed by atoms with van der Waals surface area (Å²) in [7, 11) is 0. The normalized spacial score (nSPS) is 21.9. The number of carbonyl (C=O) groups is 1. The van der Waals surface area contributed by atoms with Crippen molar-refractivity contribution in [1.82, 2.24) is 10.3 Å². The molecule has 0 aliphatic heterocycles. The van der Waals surface area contributed by atoms with Gasteiger partial charge in [0.1, 0.15) is 0 Å². The van der Waals surface area contributed by atoms with Crippen LogP contribution in [0.2, 0.25) is 5.02 Å². The number of benzene rings is 1. The SMILES string of the molecule is O=C(N[C@@H](c1ccncc1)c1ccc(Cl)cc1)C1CCC(O)CC1. The molecule has 1 fully saturated rings. The largest absolute Gasteiger partial charge is 0.393 e. The average molecular weight is 345 g/mol. The van der Waals surface area contributed by atoms with Gasteiger partial charge in [-0.1, -0.05) is 23.7 Å². The minimum atomic E-state index is -0.263. The summed E-state index contributed by atoms with van der Waals surface area (Å²) in [5.74, 6) is 0.00343. The van der Waals surface area contributed by atoms with Gasteiger partial charge in [0.2, 0.25) is 5.91 Å². The van der Waals surface area contributed by atoms with Crippen LogP contribution in [0.3, 0.4) is 0 Å². The van der Waals surface area contributed by atoms with Crippen molar-refractivity contribution < 1.29 is 9.90 Å². The van der Waals surface area contributed by atoms with Gasteiger partial charge in [-0.25, -0.2) is 0 Å². The van der Waals surface area contributed by atoms with Crippen molar-refractivity contribution in [3.63, 3.8) is 0 Å². The second-order valence-corrected chi connectivity index (χ2v) is 6.72. The van der Waals surface area contributed by atoms with Crippen LogP contribution in [0, 0.1) is 5.92 Å². The Hall–Kier alpha value is -1.91. The number of hydrogen-bond acceptors (Lipinski definition) is 3. The highest BCUT2D eigenvalue weighted by molar-refractivity contribution is 6.30. The van der Waals surface area contributed by atoms with E-state index in [9.17, 15) is 9.90 Å². The van der Waals surface area contributed by atoms with Crippen molar-refractivity contribution in [2.45, 2.75) is 37.8 Å². The number of halogens is 1. The van der Waals surface area contributed by atoms with E-state index in [0.717, 1.165) is 24.0 Å². The van der Waals surface area contributed by atoms with Crippen molar-refractivity contribution in [3.8, 4) is 0 Å². The Morgan fingerprint density at radius 2 is 1.62 bits per heavy atom. The molecular weight excluding hydrogens is 324 g/mol. The number of rotatable bonds is 4. The summed E-state index contributed by atoms with van der Waals surface area (Å²) in [4.78, 5) is 16.7. The average Bonchev–Trinajstić information content (AvgIpc) is 2.62. The van der Waals surface area contributed by atoms with Crippen LogP contribution in [0.15, 0.2) is 48.8 Å². The maximum Gasteiger partial charge on any atom is 0.223 e. The van der Waals surface area contributed by atoms with E-state index < -0.39 is 0 Å². The topological polar surface area (TPSA) is 62.2 Å². The first-order valence-electron chi connectivity index (χ1n) is 8.27. The number of pyridine rings is 1. The first kappa shape index (κ1) is 16.9. The first-order chi connectivity index (χ1) is 11.6. The minimum absolute atomic E-state index is 0.0370. The molecule has 1 heterocycles. The van der Waals surface area contributed by atoms with E-state index >= 15 is 0 Å². The van der Waals surface area contributed by atoms with Crippen LogP contribution in [-0.2, 0) is 4.79 Å². The predicted octanol–water partition coefficient (Wildman–Crippen LogP) is 3.49. The van der Waals surface area contributed by atoms with Gasteiger partial charge in [-0.15, -0.1) is 0 Å². The van der Waals surface area contributed by atoms with Crippen LogP contribution in [0.25, 0.3) is 0 Å². The molecule has 1 aliphatic carbocycles. The Morgan fingerprint density at radius 1 is 1.04 bits per heavy atom. The lowest BCUT2D eigenvalue weighted by molar-refractivity contribution is -0.127. The number of hydrogen-bond donors (Lipinski definition) is 2. The third-order valence-electron chi connectivity index (χ3n) is 4.60. The molecule has 0 saturated heterocycles. The van der Waals surface area contributed by atoms with Crippen LogP contribution >= 0.6 is 11.6 Å². The van der Waals surface area contributed by atoms with Crippen molar-refractivity contribution >= 4 is 17.5 Å². The molecule has 0 radical (unpaired) electrons. The number of aliphatic hydroxyl groups is 1. The van der Waals surface area contributed by atoms with Crippen molar-refractivity contribution in [1.29, 1.82) is 0 Å². The maximum atomic E-state index is 12.7. The quantitative estimate of drug-likeness (QED) is 0.892. The molecule has 1 saturated carbocycles. The summed E-state index contributed by atoms with van der Waals surface area (Å²) >= 11 is 5.98. The van der Waals surface area contributed by atoms with E-state index in [4.69, 9.17) is 11.6 Å². The second kappa shape index (κ2) is 7.77. The van der Waals surface area contributed by atoms with E-state index in [2.05, 4.69) is 10.3 Å². The maximum absolute atomic E-state index is 12.7. The summed E-state index contributed by atoms with van der Waals surface area (Å²) in [6.07, 6.45) is 6.04. The summed E-state index contributed by atoms with van der Waals surface area (Å²) in [5, 5.41) is 13.5. The van der Waals surface area contributed by atoms with Crippen molar-refractivity contribution in [2.75, 3.05) is 0 Å². The standard InChI is InChI=1S/C19H21ClN2O2/c20-16-5-1-13(2-6-16)18(14-9-11-21-12-10-14)22-19(24)15-3-7-17(23)8-4-15/h1-2,5-6,9-12,15,17-18,23H,3-4,7-8H2,(H,22,24)/t15?,17?,18-/m1/s1. The molecule has 1 aromatic carbocycles. The molecular formula is C19H21ClN2O2. The summed E-state index contributed by atoms with van der Waals surface area (Å²) in [6, 6.07) is 11.1. The summed E-state index contributed by atoms with van der Waals surface area (Å²) in [5.41, 5.74) is 1.96. The Bertz CT molecular complexity index is 668. The van der Waals surface area contributed by atoms with E-state index in [1.165, 1.54) is 0 Å². The lowest BCUT2D eigenvalue weighted by atomic mass is 9.86. The number of aromatic nitrogens is 1. The number of nitrogens with zero attached hydrogens (tertiary/aromatic N) is 1. The van der Waals surface area contributed by atoms with E-state index in [0.29, 0.717) is 17.9 Å². The molecule has 5 heteroatoms. The molecule has 0 bridgehead atoms. The van der Waals surface area contributed by atoms with Crippen LogP contribution in [-0.4, -0.2) is 22.1 Å². The van der Waals surface area contributed by atoms with Crippen LogP contribution in [0.1, 0.15) is 42.9 Å². The molecule has 126 valence electrons. The molecule has 1 aliphatic rings. The van der Waals surface area contributed by atoms with E-state index in [1.54, 1.807) is 12.4 Å². The summed E-state index contributed by atoms with van der Waals surface area (Å²) < 4.78 is 0. The van der Waals surface area contributed by atoms with Gasteiger partial charge in [-0.2, -0.15) is 0 Å². The highest BCUT2D eigenvalue weighted by Gasteiger charge is 2.27. The Morgan fingerprint density at radius 3 is 2.25 bits per heavy atom. The molecule has 1 atom stereocenters. The highest BCUT2D eigenvalue weighted by Crippen LogP contribution is 2.27. The third kappa shape index (κ3) is 4.13. The second-order valence-electron chi connectivity index (χ2n) is 6.28. The number of nitrogens with one attached hydrogen (secondary N) is 1. The Balaban J connectivity index is 1.80. The number of aliphatic hydroxyl groups excluding tert-OH is 1. The van der Waals surface area contributed by atoms with Crippen molar-refractivity contribution in [3.05, 3.63) is 64.9 Å². The smallest absolute Gasteiger partial charge is 0.223 e. The van der Waals surface area contributed by atoms with Gasteiger partial charge in [0, 0.05) is 23.3 Å². The van der Waals surface area contributed by atoms with Crippen LogP contribution < -0.4 is 5.32 Å². The third-order valence-corrected chi connectivity index (χ3v) is 4.85. The molecule has 2 N–H and O–H groups in total. The molecule has 0 unspecified atom stereocenters. The van der Waals surface area contributed by atoms with Crippen molar-refractivity contribution in [2.24, 2.45) is 5.92 Å². The molecule has 4 nitrogen and oxygen atoms in total. The zero-order valence-electron chi connectivity index (χ0n) is 13.4. The molecule has 2 aromatic rings. The fraction of sp³-hybridized carbons (Fsp3) is 0.368. The molecule has 1 amide bonds. The van der Waals surface area contributed by atoms with Gasteiger partial charge in [-0.05, 0) is 61.1 Å². The van der Waals surface area contributed by atoms with Gasteiger partial charge >= 0.3 is 0 Å². The van der Waals surface area contributed by atoms with Gasteiger partial charge in [0.15, 0.2) is 0 Å². The molecule has 3 rings (SSSR count). The monoisotopic (exact) mass is 344 g/mol. The van der Waals surface area contributed by atoms with E-state index in [1.807, 2.05) is 36.4 Å². The minimum Gasteiger partial charge on any atom is -0.393 e. The fourth-order valence-corrected chi connectivity index (χ4v) is 3.29. The van der Waals surface area contributed by atoms with Gasteiger partial charge in [0.25, 0.3) is 0 Å². The Kier molecular flexibility index (Phi) is 5.48. The Labute approximate surface area is 146 Å². The number of carbonyl (C=O) groups excluding carboxylic acids is 1. The van der Waals surface area contributed by atoms with Gasteiger partial charge < -0.3 is 10.4 Å². The van der Waals surface area contributed by atoms with Gasteiger partial charge in [0.05, 0.1) is 12.1 Å². The molecule has 24 heavy (non-hydrogen) atoms. The zero-order valence-corrected chi connectivity index (χ0v) is 14.1. The first-order valence-corrected chi connectivity index (χ1v) is 8.65. The predicted molar refractivity (Wildman–Crippen MR) is 93.6 cm³/mol. The van der Waals surface area contributed by atoms with Gasteiger partial charge in [-0.3, -0.25) is 9.78 Å². The number of amides is 1. The fourth-order valence-electron chi connectivity index (χ4n) is 3.17. The lowest BCUT2D eigenvalue weighted by Crippen LogP contribution is -2.37. The van der Waals surface area contributed by atoms with Crippen LogP contribution in [0.5, 0.6) is 0 Å². The van der Waals surface area contributed by atoms with E-state index in [-0.39, 0.29) is 24.0 Å². The van der Waals surface area contributed by atoms with Crippen LogP contribution in [0.4, 0.5) is 0 Å². The highest BCUT2D eigenvalue weighted by atomic mass is 35.5. The molecule has 1 aromatic heterocycles.